The number of aryl methyl sites for hydroxylation is 1. The first-order valence-electron chi connectivity index (χ1n) is 10.5. The highest BCUT2D eigenvalue weighted by atomic mass is 16.5. The van der Waals surface area contributed by atoms with Gasteiger partial charge in [-0.25, -0.2) is 4.98 Å². The molecule has 3 heterocycles. The molecule has 170 valence electrons. The fourth-order valence-corrected chi connectivity index (χ4v) is 3.67. The van der Waals surface area contributed by atoms with Crippen LogP contribution in [0.1, 0.15) is 22.3 Å². The van der Waals surface area contributed by atoms with Gasteiger partial charge in [0.05, 0.1) is 18.1 Å². The molecule has 0 fully saturated rings. The molecule has 0 atom stereocenters. The molecule has 0 aliphatic rings. The van der Waals surface area contributed by atoms with Gasteiger partial charge < -0.3 is 19.4 Å². The largest absolute Gasteiger partial charge is 0.497 e. The van der Waals surface area contributed by atoms with Gasteiger partial charge in [-0.2, -0.15) is 0 Å². The van der Waals surface area contributed by atoms with E-state index in [2.05, 4.69) is 10.3 Å². The van der Waals surface area contributed by atoms with Gasteiger partial charge in [-0.3, -0.25) is 19.4 Å². The summed E-state index contributed by atoms with van der Waals surface area (Å²) in [7, 11) is 3.19. The van der Waals surface area contributed by atoms with Crippen molar-refractivity contribution < 1.29 is 14.3 Å². The van der Waals surface area contributed by atoms with Crippen LogP contribution in [0.25, 0.3) is 16.7 Å². The number of hydrogen-bond acceptors (Lipinski definition) is 6. The standard InChI is InChI=1S/C24H25N5O4/c1-32-13-5-12-29-21(25)18(23(30)26-15-16-7-9-17(33-2)10-8-16)14-19-22(29)27-20-6-3-4-11-28(20)24(19)31/h3-4,6-11,14,25H,5,12-13,15H2,1-2H3,(H,26,30). The van der Waals surface area contributed by atoms with Crippen molar-refractivity contribution in [2.24, 2.45) is 0 Å². The molecule has 9 nitrogen and oxygen atoms in total. The number of methoxy groups -OCH3 is 2. The van der Waals surface area contributed by atoms with Crippen molar-refractivity contribution in [1.82, 2.24) is 19.3 Å². The van der Waals surface area contributed by atoms with Crippen LogP contribution in [0.2, 0.25) is 0 Å². The van der Waals surface area contributed by atoms with Crippen LogP contribution in [0.15, 0.2) is 59.5 Å². The molecule has 4 rings (SSSR count). The summed E-state index contributed by atoms with van der Waals surface area (Å²) in [5.74, 6) is 0.293. The van der Waals surface area contributed by atoms with Crippen molar-refractivity contribution in [2.45, 2.75) is 19.5 Å². The molecule has 0 radical (unpaired) electrons. The Bertz CT molecular complexity index is 1420. The van der Waals surface area contributed by atoms with Crippen LogP contribution in [-0.4, -0.2) is 40.7 Å². The Balaban J connectivity index is 1.76. The van der Waals surface area contributed by atoms with Gasteiger partial charge in [-0.1, -0.05) is 18.2 Å². The summed E-state index contributed by atoms with van der Waals surface area (Å²) in [5, 5.41) is 11.8. The average Bonchev–Trinajstić information content (AvgIpc) is 2.84. The highest BCUT2D eigenvalue weighted by molar-refractivity contribution is 5.96. The van der Waals surface area contributed by atoms with E-state index >= 15 is 0 Å². The van der Waals surface area contributed by atoms with Crippen molar-refractivity contribution in [1.29, 1.82) is 5.41 Å². The fraction of sp³-hybridized carbons (Fsp3) is 0.250. The number of rotatable bonds is 8. The summed E-state index contributed by atoms with van der Waals surface area (Å²) in [6.45, 7) is 1.14. The van der Waals surface area contributed by atoms with Crippen molar-refractivity contribution in [3.05, 3.63) is 81.7 Å². The monoisotopic (exact) mass is 447 g/mol. The van der Waals surface area contributed by atoms with Gasteiger partial charge >= 0.3 is 0 Å². The zero-order valence-corrected chi connectivity index (χ0v) is 18.5. The molecule has 3 aromatic heterocycles. The number of nitrogens with one attached hydrogen (secondary N) is 2. The van der Waals surface area contributed by atoms with Crippen molar-refractivity contribution in [3.8, 4) is 5.75 Å². The number of amides is 1. The fourth-order valence-electron chi connectivity index (χ4n) is 3.67. The lowest BCUT2D eigenvalue weighted by molar-refractivity contribution is 0.0948. The summed E-state index contributed by atoms with van der Waals surface area (Å²) in [5.41, 5.74) is 1.56. The molecule has 0 spiro atoms. The molecule has 0 saturated carbocycles. The molecule has 2 N–H and O–H groups in total. The van der Waals surface area contributed by atoms with Gasteiger partial charge in [-0.15, -0.1) is 0 Å². The summed E-state index contributed by atoms with van der Waals surface area (Å²) in [4.78, 5) is 30.8. The Morgan fingerprint density at radius 2 is 1.94 bits per heavy atom. The number of hydrogen-bond donors (Lipinski definition) is 2. The molecular weight excluding hydrogens is 422 g/mol. The maximum atomic E-state index is 13.2. The number of ether oxygens (including phenoxy) is 2. The first-order valence-corrected chi connectivity index (χ1v) is 10.5. The summed E-state index contributed by atoms with van der Waals surface area (Å²) in [6.07, 6.45) is 2.24. The number of benzene rings is 1. The Morgan fingerprint density at radius 1 is 1.15 bits per heavy atom. The van der Waals surface area contributed by atoms with Crippen molar-refractivity contribution in [3.63, 3.8) is 0 Å². The van der Waals surface area contributed by atoms with Crippen LogP contribution in [0.5, 0.6) is 5.75 Å². The predicted octanol–water partition coefficient (Wildman–Crippen LogP) is 2.10. The smallest absolute Gasteiger partial charge is 0.267 e. The molecule has 0 bridgehead atoms. The molecule has 1 aromatic carbocycles. The minimum Gasteiger partial charge on any atom is -0.497 e. The van der Waals surface area contributed by atoms with E-state index in [0.717, 1.165) is 11.3 Å². The molecule has 9 heteroatoms. The third-order valence-corrected chi connectivity index (χ3v) is 5.41. The van der Waals surface area contributed by atoms with E-state index in [1.54, 1.807) is 43.2 Å². The Labute approximate surface area is 189 Å². The van der Waals surface area contributed by atoms with Crippen molar-refractivity contribution >= 4 is 22.6 Å². The molecule has 33 heavy (non-hydrogen) atoms. The zero-order valence-electron chi connectivity index (χ0n) is 18.5. The normalized spacial score (nSPS) is 11.1. The second-order valence-corrected chi connectivity index (χ2v) is 7.52. The third-order valence-electron chi connectivity index (χ3n) is 5.41. The lowest BCUT2D eigenvalue weighted by Crippen LogP contribution is -2.35. The minimum atomic E-state index is -0.434. The molecule has 0 aliphatic carbocycles. The highest BCUT2D eigenvalue weighted by Crippen LogP contribution is 2.13. The minimum absolute atomic E-state index is 0.00184. The number of fused-ring (bicyclic) bond motifs is 2. The molecule has 1 amide bonds. The zero-order chi connectivity index (χ0) is 23.4. The SMILES string of the molecule is COCCCn1c(=N)c(C(=O)NCc2ccc(OC)cc2)cc2c(=O)n3ccccc3nc21. The first kappa shape index (κ1) is 22.2. The number of aromatic nitrogens is 3. The quantitative estimate of drug-likeness (QED) is 0.317. The summed E-state index contributed by atoms with van der Waals surface area (Å²) < 4.78 is 13.3. The number of nitrogens with zero attached hydrogens (tertiary/aromatic N) is 3. The molecule has 0 saturated heterocycles. The highest BCUT2D eigenvalue weighted by Gasteiger charge is 2.17. The second kappa shape index (κ2) is 9.66. The van der Waals surface area contributed by atoms with Gasteiger partial charge in [-0.05, 0) is 42.3 Å². The van der Waals surface area contributed by atoms with E-state index in [0.29, 0.717) is 30.9 Å². The van der Waals surface area contributed by atoms with E-state index in [1.807, 2.05) is 24.3 Å². The van der Waals surface area contributed by atoms with Crippen LogP contribution >= 0.6 is 0 Å². The van der Waals surface area contributed by atoms with Gasteiger partial charge in [0.1, 0.15) is 22.5 Å². The third kappa shape index (κ3) is 4.49. The number of carbonyl (C=O) groups is 1. The van der Waals surface area contributed by atoms with E-state index in [9.17, 15) is 9.59 Å². The lowest BCUT2D eigenvalue weighted by Gasteiger charge is -2.15. The average molecular weight is 447 g/mol. The van der Waals surface area contributed by atoms with E-state index in [-0.39, 0.29) is 28.5 Å². The Hall–Kier alpha value is -3.98. The maximum absolute atomic E-state index is 13.2. The molecule has 4 aromatic rings. The molecular formula is C24H25N5O4. The van der Waals surface area contributed by atoms with Gasteiger partial charge in [0.2, 0.25) is 0 Å². The van der Waals surface area contributed by atoms with Crippen LogP contribution < -0.4 is 21.1 Å². The van der Waals surface area contributed by atoms with Crippen LogP contribution in [0.4, 0.5) is 0 Å². The van der Waals surface area contributed by atoms with Gasteiger partial charge in [0.15, 0.2) is 0 Å². The van der Waals surface area contributed by atoms with Crippen molar-refractivity contribution in [2.75, 3.05) is 20.8 Å². The number of pyridine rings is 2. The van der Waals surface area contributed by atoms with Gasteiger partial charge in [0, 0.05) is 33.0 Å². The summed E-state index contributed by atoms with van der Waals surface area (Å²) >= 11 is 0. The topological polar surface area (TPSA) is 111 Å². The molecule has 0 aliphatic heterocycles. The number of carbonyl (C=O) groups excluding carboxylic acids is 1. The van der Waals surface area contributed by atoms with E-state index in [4.69, 9.17) is 14.9 Å². The summed E-state index contributed by atoms with van der Waals surface area (Å²) in [6, 6.07) is 14.1. The van der Waals surface area contributed by atoms with Crippen LogP contribution in [0.3, 0.4) is 0 Å². The maximum Gasteiger partial charge on any atom is 0.267 e. The van der Waals surface area contributed by atoms with E-state index in [1.165, 1.54) is 10.5 Å². The Morgan fingerprint density at radius 3 is 2.67 bits per heavy atom. The van der Waals surface area contributed by atoms with E-state index < -0.39 is 5.91 Å². The second-order valence-electron chi connectivity index (χ2n) is 7.52. The molecule has 0 unspecified atom stereocenters. The first-order chi connectivity index (χ1) is 16.0. The Kier molecular flexibility index (Phi) is 6.50. The van der Waals surface area contributed by atoms with Crippen LogP contribution in [-0.2, 0) is 17.8 Å². The lowest BCUT2D eigenvalue weighted by atomic mass is 10.1. The van der Waals surface area contributed by atoms with Crippen LogP contribution in [0, 0.1) is 5.41 Å². The predicted molar refractivity (Wildman–Crippen MR) is 123 cm³/mol. The van der Waals surface area contributed by atoms with Gasteiger partial charge in [0.25, 0.3) is 11.5 Å².